The first-order valence-corrected chi connectivity index (χ1v) is 9.14. The van der Waals surface area contributed by atoms with Crippen LogP contribution in [-0.2, 0) is 4.79 Å². The van der Waals surface area contributed by atoms with E-state index in [2.05, 4.69) is 15.4 Å². The Bertz CT molecular complexity index is 935. The molecule has 3 rings (SSSR count). The van der Waals surface area contributed by atoms with Gasteiger partial charge in [0.1, 0.15) is 5.38 Å². The van der Waals surface area contributed by atoms with Gasteiger partial charge in [0.25, 0.3) is 0 Å². The number of halogens is 1. The molecule has 0 radical (unpaired) electrons. The van der Waals surface area contributed by atoms with E-state index >= 15 is 0 Å². The number of ether oxygens (including phenoxy) is 1. The fourth-order valence-corrected chi connectivity index (χ4v) is 2.64. The monoisotopic (exact) mass is 384 g/mol. The average molecular weight is 385 g/mol. The Morgan fingerprint density at radius 3 is 2.56 bits per heavy atom. The SMILES string of the molecule is CCOc1nc(-c2ccccc2C)n(-c2ccc(NC(=O)[C@H](C)Cl)cc2)n1. The summed E-state index contributed by atoms with van der Waals surface area (Å²) in [6, 6.07) is 15.6. The number of nitrogens with zero attached hydrogens (tertiary/aromatic N) is 3. The van der Waals surface area contributed by atoms with Gasteiger partial charge in [0.05, 0.1) is 12.3 Å². The average Bonchev–Trinajstić information content (AvgIpc) is 3.06. The molecule has 0 bridgehead atoms. The molecule has 1 aromatic heterocycles. The Hall–Kier alpha value is -2.86. The van der Waals surface area contributed by atoms with Crippen molar-refractivity contribution in [3.05, 3.63) is 54.1 Å². The number of amides is 1. The van der Waals surface area contributed by atoms with Crippen LogP contribution in [0, 0.1) is 6.92 Å². The maximum atomic E-state index is 11.7. The summed E-state index contributed by atoms with van der Waals surface area (Å²) in [5.41, 5.74) is 3.54. The lowest BCUT2D eigenvalue weighted by Crippen LogP contribution is -2.20. The highest BCUT2D eigenvalue weighted by Crippen LogP contribution is 2.26. The molecule has 0 aliphatic rings. The maximum absolute atomic E-state index is 11.7. The molecule has 1 amide bonds. The third-order valence-electron chi connectivity index (χ3n) is 3.99. The van der Waals surface area contributed by atoms with Crippen molar-refractivity contribution in [1.29, 1.82) is 0 Å². The van der Waals surface area contributed by atoms with Gasteiger partial charge in [0.2, 0.25) is 5.91 Å². The summed E-state index contributed by atoms with van der Waals surface area (Å²) >= 11 is 5.79. The summed E-state index contributed by atoms with van der Waals surface area (Å²) in [5.74, 6) is 0.451. The van der Waals surface area contributed by atoms with Crippen LogP contribution in [0.15, 0.2) is 48.5 Å². The van der Waals surface area contributed by atoms with E-state index in [4.69, 9.17) is 16.3 Å². The number of nitrogens with one attached hydrogen (secondary N) is 1. The van der Waals surface area contributed by atoms with E-state index in [0.717, 1.165) is 16.8 Å². The summed E-state index contributed by atoms with van der Waals surface area (Å²) in [6.45, 7) is 6.04. The zero-order valence-corrected chi connectivity index (χ0v) is 16.2. The van der Waals surface area contributed by atoms with Gasteiger partial charge in [-0.2, -0.15) is 4.98 Å². The minimum absolute atomic E-state index is 0.246. The van der Waals surface area contributed by atoms with Crippen molar-refractivity contribution in [2.24, 2.45) is 0 Å². The first-order chi connectivity index (χ1) is 13.0. The molecule has 1 N–H and O–H groups in total. The van der Waals surface area contributed by atoms with E-state index in [-0.39, 0.29) is 5.91 Å². The molecule has 0 fully saturated rings. The van der Waals surface area contributed by atoms with E-state index in [9.17, 15) is 4.79 Å². The number of benzene rings is 2. The van der Waals surface area contributed by atoms with E-state index in [1.807, 2.05) is 50.2 Å². The Kier molecular flexibility index (Phi) is 5.76. The predicted octanol–water partition coefficient (Wildman–Crippen LogP) is 4.21. The number of hydrogen-bond donors (Lipinski definition) is 1. The second kappa shape index (κ2) is 8.22. The second-order valence-electron chi connectivity index (χ2n) is 6.03. The first kappa shape index (κ1) is 18.9. The van der Waals surface area contributed by atoms with Crippen LogP contribution < -0.4 is 10.1 Å². The topological polar surface area (TPSA) is 69.0 Å². The maximum Gasteiger partial charge on any atom is 0.336 e. The van der Waals surface area contributed by atoms with Crippen LogP contribution in [0.1, 0.15) is 19.4 Å². The Labute approximate surface area is 163 Å². The molecule has 0 unspecified atom stereocenters. The highest BCUT2D eigenvalue weighted by molar-refractivity contribution is 6.32. The minimum atomic E-state index is -0.596. The van der Waals surface area contributed by atoms with Crippen molar-refractivity contribution in [2.75, 3.05) is 11.9 Å². The lowest BCUT2D eigenvalue weighted by Gasteiger charge is -2.10. The van der Waals surface area contributed by atoms with Gasteiger partial charge in [0.15, 0.2) is 5.82 Å². The number of aryl methyl sites for hydroxylation is 1. The summed E-state index contributed by atoms with van der Waals surface area (Å²) < 4.78 is 7.24. The quantitative estimate of drug-likeness (QED) is 0.646. The van der Waals surface area contributed by atoms with Crippen molar-refractivity contribution in [1.82, 2.24) is 14.8 Å². The van der Waals surface area contributed by atoms with Crippen molar-refractivity contribution in [2.45, 2.75) is 26.1 Å². The molecular weight excluding hydrogens is 364 g/mol. The first-order valence-electron chi connectivity index (χ1n) is 8.71. The fraction of sp³-hybridized carbons (Fsp3) is 0.250. The molecule has 0 saturated carbocycles. The number of carbonyl (C=O) groups is 1. The molecule has 0 spiro atoms. The van der Waals surface area contributed by atoms with Crippen LogP contribution in [0.4, 0.5) is 5.69 Å². The second-order valence-corrected chi connectivity index (χ2v) is 6.68. The van der Waals surface area contributed by atoms with Crippen LogP contribution in [0.2, 0.25) is 0 Å². The third-order valence-corrected chi connectivity index (χ3v) is 4.19. The number of aromatic nitrogens is 3. The minimum Gasteiger partial charge on any atom is -0.463 e. The summed E-state index contributed by atoms with van der Waals surface area (Å²) in [7, 11) is 0. The normalized spacial score (nSPS) is 11.9. The predicted molar refractivity (Wildman–Crippen MR) is 107 cm³/mol. The Morgan fingerprint density at radius 2 is 1.93 bits per heavy atom. The van der Waals surface area contributed by atoms with Crippen LogP contribution in [0.5, 0.6) is 6.01 Å². The molecule has 2 aromatic carbocycles. The third kappa shape index (κ3) is 4.28. The fourth-order valence-electron chi connectivity index (χ4n) is 2.59. The molecule has 0 aliphatic heterocycles. The largest absolute Gasteiger partial charge is 0.463 e. The summed E-state index contributed by atoms with van der Waals surface area (Å²) in [6.07, 6.45) is 0. The highest BCUT2D eigenvalue weighted by atomic mass is 35.5. The highest BCUT2D eigenvalue weighted by Gasteiger charge is 2.16. The van der Waals surface area contributed by atoms with Crippen molar-refractivity contribution in [3.63, 3.8) is 0 Å². The molecule has 1 heterocycles. The number of carbonyl (C=O) groups excluding carboxylic acids is 1. The van der Waals surface area contributed by atoms with Gasteiger partial charge in [-0.3, -0.25) is 4.79 Å². The zero-order chi connectivity index (χ0) is 19.4. The van der Waals surface area contributed by atoms with Gasteiger partial charge in [0, 0.05) is 11.3 Å². The van der Waals surface area contributed by atoms with Gasteiger partial charge < -0.3 is 10.1 Å². The number of hydrogen-bond acceptors (Lipinski definition) is 4. The van der Waals surface area contributed by atoms with Crippen molar-refractivity contribution in [3.8, 4) is 23.1 Å². The van der Waals surface area contributed by atoms with Crippen LogP contribution in [-0.4, -0.2) is 32.7 Å². The molecule has 0 aliphatic carbocycles. The van der Waals surface area contributed by atoms with Crippen LogP contribution in [0.3, 0.4) is 0 Å². The standard InChI is InChI=1S/C20H21ClN4O2/c1-4-27-20-23-18(17-8-6-5-7-13(17)2)25(24-20)16-11-9-15(10-12-16)22-19(26)14(3)21/h5-12,14H,4H2,1-3H3,(H,22,26)/t14-/m0/s1. The summed E-state index contributed by atoms with van der Waals surface area (Å²) in [4.78, 5) is 16.3. The van der Waals surface area contributed by atoms with Gasteiger partial charge >= 0.3 is 6.01 Å². The van der Waals surface area contributed by atoms with Crippen LogP contribution >= 0.6 is 11.6 Å². The Morgan fingerprint density at radius 1 is 1.22 bits per heavy atom. The molecule has 6 nitrogen and oxygen atoms in total. The van der Waals surface area contributed by atoms with Crippen molar-refractivity contribution < 1.29 is 9.53 Å². The number of alkyl halides is 1. The van der Waals surface area contributed by atoms with E-state index in [0.29, 0.717) is 24.1 Å². The molecule has 7 heteroatoms. The van der Waals surface area contributed by atoms with E-state index in [1.54, 1.807) is 23.7 Å². The zero-order valence-electron chi connectivity index (χ0n) is 15.4. The van der Waals surface area contributed by atoms with E-state index in [1.165, 1.54) is 0 Å². The lowest BCUT2D eigenvalue weighted by atomic mass is 10.1. The molecule has 1 atom stereocenters. The molecule has 3 aromatic rings. The van der Waals surface area contributed by atoms with E-state index < -0.39 is 5.38 Å². The van der Waals surface area contributed by atoms with Gasteiger partial charge in [-0.25, -0.2) is 4.68 Å². The summed E-state index contributed by atoms with van der Waals surface area (Å²) in [5, 5.41) is 6.65. The van der Waals surface area contributed by atoms with Crippen molar-refractivity contribution >= 4 is 23.2 Å². The number of rotatable bonds is 6. The van der Waals surface area contributed by atoms with Gasteiger partial charge in [-0.05, 0) is 50.6 Å². The molecule has 27 heavy (non-hydrogen) atoms. The molecule has 0 saturated heterocycles. The lowest BCUT2D eigenvalue weighted by molar-refractivity contribution is -0.115. The Balaban J connectivity index is 1.98. The smallest absolute Gasteiger partial charge is 0.336 e. The molecular formula is C20H21ClN4O2. The number of anilines is 1. The van der Waals surface area contributed by atoms with Gasteiger partial charge in [-0.15, -0.1) is 16.7 Å². The van der Waals surface area contributed by atoms with Crippen LogP contribution in [0.25, 0.3) is 17.1 Å². The molecule has 140 valence electrons. The van der Waals surface area contributed by atoms with Gasteiger partial charge in [-0.1, -0.05) is 24.3 Å².